The molecule has 3 rings (SSSR count). The van der Waals surface area contributed by atoms with Gasteiger partial charge in [-0.15, -0.1) is 0 Å². The van der Waals surface area contributed by atoms with Crippen molar-refractivity contribution in [3.05, 3.63) is 66.2 Å². The van der Waals surface area contributed by atoms with Gasteiger partial charge in [0, 0.05) is 0 Å². The second-order valence-corrected chi connectivity index (χ2v) is 6.44. The first-order chi connectivity index (χ1) is 13.6. The topological polar surface area (TPSA) is 56.8 Å². The summed E-state index contributed by atoms with van der Waals surface area (Å²) in [4.78, 5) is 12.4. The van der Waals surface area contributed by atoms with Gasteiger partial charge in [-0.2, -0.15) is 0 Å². The molecule has 5 nitrogen and oxygen atoms in total. The summed E-state index contributed by atoms with van der Waals surface area (Å²) in [5, 5.41) is 5.24. The minimum Gasteiger partial charge on any atom is -0.493 e. The Morgan fingerprint density at radius 2 is 1.68 bits per heavy atom. The Balaban J connectivity index is 1.63. The smallest absolute Gasteiger partial charge is 0.258 e. The Labute approximate surface area is 165 Å². The summed E-state index contributed by atoms with van der Waals surface area (Å²) in [5.74, 6) is 1.80. The lowest BCUT2D eigenvalue weighted by Gasteiger charge is -2.19. The molecular weight excluding hydrogens is 354 g/mol. The van der Waals surface area contributed by atoms with Gasteiger partial charge in [-0.1, -0.05) is 43.3 Å². The van der Waals surface area contributed by atoms with Gasteiger partial charge < -0.3 is 19.5 Å². The van der Waals surface area contributed by atoms with E-state index >= 15 is 0 Å². The van der Waals surface area contributed by atoms with Crippen molar-refractivity contribution in [3.63, 3.8) is 0 Å². The number of carbonyl (C=O) groups excluding carboxylic acids is 1. The third-order valence-electron chi connectivity index (χ3n) is 4.64. The van der Waals surface area contributed by atoms with Gasteiger partial charge in [-0.25, -0.2) is 0 Å². The van der Waals surface area contributed by atoms with Crippen molar-refractivity contribution in [3.8, 4) is 17.2 Å². The number of carbonyl (C=O) groups is 1. The van der Waals surface area contributed by atoms with Crippen LogP contribution in [0.15, 0.2) is 60.7 Å². The highest BCUT2D eigenvalue weighted by Crippen LogP contribution is 2.30. The van der Waals surface area contributed by atoms with Crippen LogP contribution in [0.1, 0.15) is 24.9 Å². The normalized spacial score (nSPS) is 11.7. The fraction of sp³-hybridized carbons (Fsp3) is 0.261. The number of methoxy groups -OCH3 is 2. The van der Waals surface area contributed by atoms with E-state index in [-0.39, 0.29) is 18.6 Å². The van der Waals surface area contributed by atoms with Crippen molar-refractivity contribution in [1.82, 2.24) is 5.32 Å². The highest BCUT2D eigenvalue weighted by atomic mass is 16.5. The maximum atomic E-state index is 12.4. The Morgan fingerprint density at radius 3 is 2.39 bits per heavy atom. The lowest BCUT2D eigenvalue weighted by molar-refractivity contribution is -0.123. The van der Waals surface area contributed by atoms with E-state index < -0.39 is 0 Å². The molecule has 0 saturated heterocycles. The summed E-state index contributed by atoms with van der Waals surface area (Å²) in [6, 6.07) is 19.4. The van der Waals surface area contributed by atoms with Crippen LogP contribution in [-0.4, -0.2) is 26.7 Å². The molecule has 0 saturated carbocycles. The monoisotopic (exact) mass is 379 g/mol. The van der Waals surface area contributed by atoms with E-state index in [1.165, 1.54) is 0 Å². The lowest BCUT2D eigenvalue weighted by Crippen LogP contribution is -2.32. The fourth-order valence-electron chi connectivity index (χ4n) is 3.13. The number of nitrogens with one attached hydrogen (secondary N) is 1. The van der Waals surface area contributed by atoms with Crippen LogP contribution < -0.4 is 19.5 Å². The van der Waals surface area contributed by atoms with Crippen LogP contribution in [-0.2, 0) is 4.79 Å². The number of benzene rings is 3. The molecule has 0 aliphatic carbocycles. The fourth-order valence-corrected chi connectivity index (χ4v) is 3.13. The van der Waals surface area contributed by atoms with E-state index in [1.807, 2.05) is 67.6 Å². The molecule has 28 heavy (non-hydrogen) atoms. The number of hydrogen-bond donors (Lipinski definition) is 1. The second kappa shape index (κ2) is 9.13. The van der Waals surface area contributed by atoms with Crippen molar-refractivity contribution in [2.45, 2.75) is 19.4 Å². The maximum Gasteiger partial charge on any atom is 0.258 e. The molecule has 0 aromatic heterocycles. The van der Waals surface area contributed by atoms with E-state index in [0.717, 1.165) is 22.8 Å². The molecule has 1 atom stereocenters. The molecule has 146 valence electrons. The van der Waals surface area contributed by atoms with Crippen molar-refractivity contribution in [2.24, 2.45) is 0 Å². The molecular formula is C23H25NO4. The van der Waals surface area contributed by atoms with Crippen LogP contribution in [0.25, 0.3) is 10.8 Å². The average Bonchev–Trinajstić information content (AvgIpc) is 2.75. The molecule has 0 aliphatic rings. The second-order valence-electron chi connectivity index (χ2n) is 6.44. The predicted octanol–water partition coefficient (Wildman–Crippen LogP) is 4.50. The molecule has 3 aromatic rings. The number of fused-ring (bicyclic) bond motifs is 1. The van der Waals surface area contributed by atoms with Gasteiger partial charge in [0.25, 0.3) is 5.91 Å². The zero-order valence-corrected chi connectivity index (χ0v) is 16.4. The Morgan fingerprint density at radius 1 is 0.929 bits per heavy atom. The van der Waals surface area contributed by atoms with Crippen molar-refractivity contribution in [1.29, 1.82) is 0 Å². The molecule has 0 radical (unpaired) electrons. The van der Waals surface area contributed by atoms with E-state index in [4.69, 9.17) is 14.2 Å². The Bertz CT molecular complexity index is 954. The number of hydrogen-bond acceptors (Lipinski definition) is 4. The first-order valence-electron chi connectivity index (χ1n) is 9.27. The van der Waals surface area contributed by atoms with Gasteiger partial charge in [0.1, 0.15) is 5.75 Å². The summed E-state index contributed by atoms with van der Waals surface area (Å²) in [7, 11) is 3.19. The van der Waals surface area contributed by atoms with E-state index in [9.17, 15) is 4.79 Å². The SMILES string of the molecule is CCC(NC(=O)COc1ccc2ccccc2c1)c1ccc(OC)c(OC)c1. The predicted molar refractivity (Wildman–Crippen MR) is 110 cm³/mol. The third kappa shape index (κ3) is 4.55. The van der Waals surface area contributed by atoms with Gasteiger partial charge in [-0.05, 0) is 47.0 Å². The largest absolute Gasteiger partial charge is 0.493 e. The first-order valence-corrected chi connectivity index (χ1v) is 9.27. The zero-order chi connectivity index (χ0) is 19.9. The molecule has 0 bridgehead atoms. The molecule has 0 heterocycles. The Hall–Kier alpha value is -3.21. The summed E-state index contributed by atoms with van der Waals surface area (Å²) in [6.45, 7) is 1.98. The average molecular weight is 379 g/mol. The summed E-state index contributed by atoms with van der Waals surface area (Å²) < 4.78 is 16.3. The highest BCUT2D eigenvalue weighted by Gasteiger charge is 2.15. The Kier molecular flexibility index (Phi) is 6.37. The number of ether oxygens (including phenoxy) is 3. The summed E-state index contributed by atoms with van der Waals surface area (Å²) in [5.41, 5.74) is 0.958. The first kappa shape index (κ1) is 19.5. The molecule has 1 N–H and O–H groups in total. The quantitative estimate of drug-likeness (QED) is 0.626. The van der Waals surface area contributed by atoms with Gasteiger partial charge >= 0.3 is 0 Å². The zero-order valence-electron chi connectivity index (χ0n) is 16.4. The molecule has 5 heteroatoms. The molecule has 0 fully saturated rings. The van der Waals surface area contributed by atoms with Crippen LogP contribution in [0, 0.1) is 0 Å². The highest BCUT2D eigenvalue weighted by molar-refractivity contribution is 5.84. The molecule has 1 unspecified atom stereocenters. The van der Waals surface area contributed by atoms with E-state index in [1.54, 1.807) is 14.2 Å². The van der Waals surface area contributed by atoms with Gasteiger partial charge in [0.2, 0.25) is 0 Å². The minimum absolute atomic E-state index is 0.0396. The minimum atomic E-state index is -0.171. The van der Waals surface area contributed by atoms with Crippen LogP contribution in [0.5, 0.6) is 17.2 Å². The van der Waals surface area contributed by atoms with Gasteiger partial charge in [0.05, 0.1) is 20.3 Å². The number of amides is 1. The standard InChI is InChI=1S/C23H25NO4/c1-4-20(18-10-12-21(26-2)22(14-18)27-3)24-23(25)15-28-19-11-9-16-7-5-6-8-17(16)13-19/h5-14,20H,4,15H2,1-3H3,(H,24,25). The van der Waals surface area contributed by atoms with Crippen LogP contribution in [0.3, 0.4) is 0 Å². The molecule has 3 aromatic carbocycles. The molecule has 0 aliphatic heterocycles. The summed E-state index contributed by atoms with van der Waals surface area (Å²) >= 11 is 0. The van der Waals surface area contributed by atoms with Crippen molar-refractivity contribution in [2.75, 3.05) is 20.8 Å². The van der Waals surface area contributed by atoms with Gasteiger partial charge in [-0.3, -0.25) is 4.79 Å². The van der Waals surface area contributed by atoms with Crippen molar-refractivity contribution >= 4 is 16.7 Å². The van der Waals surface area contributed by atoms with Crippen LogP contribution in [0.2, 0.25) is 0 Å². The van der Waals surface area contributed by atoms with Crippen LogP contribution in [0.4, 0.5) is 0 Å². The van der Waals surface area contributed by atoms with Gasteiger partial charge in [0.15, 0.2) is 18.1 Å². The van der Waals surface area contributed by atoms with Crippen LogP contribution >= 0.6 is 0 Å². The molecule has 1 amide bonds. The van der Waals surface area contributed by atoms with Crippen molar-refractivity contribution < 1.29 is 19.0 Å². The summed E-state index contributed by atoms with van der Waals surface area (Å²) in [6.07, 6.45) is 0.747. The molecule has 0 spiro atoms. The third-order valence-corrected chi connectivity index (χ3v) is 4.64. The lowest BCUT2D eigenvalue weighted by atomic mass is 10.0. The van der Waals surface area contributed by atoms with E-state index in [0.29, 0.717) is 17.2 Å². The van der Waals surface area contributed by atoms with E-state index in [2.05, 4.69) is 5.32 Å². The maximum absolute atomic E-state index is 12.4. The number of rotatable bonds is 8.